The van der Waals surface area contributed by atoms with Crippen LogP contribution in [-0.2, 0) is 0 Å². The third-order valence-corrected chi connectivity index (χ3v) is 3.72. The molecule has 1 heterocycles. The lowest BCUT2D eigenvalue weighted by Crippen LogP contribution is -2.36. The lowest BCUT2D eigenvalue weighted by atomic mass is 9.92. The molecule has 0 aliphatic heterocycles. The van der Waals surface area contributed by atoms with Crippen molar-refractivity contribution in [2.24, 2.45) is 0 Å². The van der Waals surface area contributed by atoms with Crippen LogP contribution in [0.5, 0.6) is 0 Å². The van der Waals surface area contributed by atoms with Crippen molar-refractivity contribution in [2.75, 3.05) is 5.32 Å². The van der Waals surface area contributed by atoms with Crippen molar-refractivity contribution in [3.63, 3.8) is 0 Å². The molecule has 3 rings (SSSR count). The van der Waals surface area contributed by atoms with Gasteiger partial charge in [0.1, 0.15) is 0 Å². The Morgan fingerprint density at radius 1 is 1.11 bits per heavy atom. The molecule has 0 bridgehead atoms. The lowest BCUT2D eigenvalue weighted by Gasteiger charge is -2.29. The molecule has 0 unspecified atom stereocenters. The zero-order chi connectivity index (χ0) is 12.4. The van der Waals surface area contributed by atoms with Gasteiger partial charge < -0.3 is 10.4 Å². The maximum absolute atomic E-state index is 10.0. The second-order valence-electron chi connectivity index (χ2n) is 4.98. The Hall–Kier alpha value is -1.61. The van der Waals surface area contributed by atoms with Gasteiger partial charge in [0.05, 0.1) is 17.7 Å². The number of anilines is 1. The number of benzene rings is 1. The molecule has 2 aromatic rings. The van der Waals surface area contributed by atoms with Crippen molar-refractivity contribution in [3.8, 4) is 0 Å². The van der Waals surface area contributed by atoms with Crippen LogP contribution in [0.2, 0.25) is 0 Å². The van der Waals surface area contributed by atoms with Crippen molar-refractivity contribution in [2.45, 2.75) is 37.8 Å². The Balaban J connectivity index is 1.90. The average Bonchev–Trinajstić information content (AvgIpc) is 2.42. The number of nitrogens with zero attached hydrogens (tertiary/aromatic N) is 1. The maximum atomic E-state index is 10.0. The molecule has 1 fully saturated rings. The van der Waals surface area contributed by atoms with Gasteiger partial charge in [-0.2, -0.15) is 0 Å². The van der Waals surface area contributed by atoms with E-state index in [-0.39, 0.29) is 12.1 Å². The molecule has 1 saturated carbocycles. The largest absolute Gasteiger partial charge is 0.391 e. The third-order valence-electron chi connectivity index (χ3n) is 3.72. The Labute approximate surface area is 107 Å². The predicted molar refractivity (Wildman–Crippen MR) is 73.6 cm³/mol. The topological polar surface area (TPSA) is 45.1 Å². The quantitative estimate of drug-likeness (QED) is 0.851. The van der Waals surface area contributed by atoms with Crippen LogP contribution >= 0.6 is 0 Å². The van der Waals surface area contributed by atoms with Crippen LogP contribution in [0, 0.1) is 0 Å². The molecular weight excluding hydrogens is 224 g/mol. The van der Waals surface area contributed by atoms with E-state index in [1.54, 1.807) is 0 Å². The first kappa shape index (κ1) is 11.5. The highest BCUT2D eigenvalue weighted by atomic mass is 16.3. The number of aromatic nitrogens is 1. The van der Waals surface area contributed by atoms with E-state index < -0.39 is 0 Å². The van der Waals surface area contributed by atoms with Crippen LogP contribution in [0.4, 0.5) is 5.69 Å². The van der Waals surface area contributed by atoms with Gasteiger partial charge in [0.2, 0.25) is 0 Å². The summed E-state index contributed by atoms with van der Waals surface area (Å²) in [4.78, 5) is 4.35. The highest BCUT2D eigenvalue weighted by Crippen LogP contribution is 2.26. The van der Waals surface area contributed by atoms with E-state index in [4.69, 9.17) is 0 Å². The van der Waals surface area contributed by atoms with E-state index in [1.807, 2.05) is 24.4 Å². The second-order valence-corrected chi connectivity index (χ2v) is 4.98. The van der Waals surface area contributed by atoms with Crippen LogP contribution in [0.1, 0.15) is 25.7 Å². The summed E-state index contributed by atoms with van der Waals surface area (Å²) in [6, 6.07) is 10.3. The van der Waals surface area contributed by atoms with Crippen molar-refractivity contribution in [1.29, 1.82) is 0 Å². The molecule has 94 valence electrons. The number of pyridine rings is 1. The molecule has 1 aliphatic carbocycles. The molecule has 3 nitrogen and oxygen atoms in total. The van der Waals surface area contributed by atoms with Crippen LogP contribution in [0.15, 0.2) is 36.5 Å². The van der Waals surface area contributed by atoms with Crippen LogP contribution in [0.3, 0.4) is 0 Å². The highest BCUT2D eigenvalue weighted by Gasteiger charge is 2.23. The molecule has 0 spiro atoms. The Morgan fingerprint density at radius 3 is 2.89 bits per heavy atom. The number of hydrogen-bond acceptors (Lipinski definition) is 3. The molecule has 1 aromatic heterocycles. The Kier molecular flexibility index (Phi) is 3.15. The Morgan fingerprint density at radius 2 is 2.00 bits per heavy atom. The van der Waals surface area contributed by atoms with Gasteiger partial charge in [0.25, 0.3) is 0 Å². The van der Waals surface area contributed by atoms with Crippen LogP contribution < -0.4 is 5.32 Å². The molecule has 3 heteroatoms. The number of hydrogen-bond donors (Lipinski definition) is 2. The van der Waals surface area contributed by atoms with Crippen LogP contribution in [-0.4, -0.2) is 22.2 Å². The normalized spacial score (nSPS) is 24.1. The number of nitrogens with one attached hydrogen (secondary N) is 1. The zero-order valence-corrected chi connectivity index (χ0v) is 10.3. The first-order valence-electron chi connectivity index (χ1n) is 6.63. The van der Waals surface area contributed by atoms with Crippen LogP contribution in [0.25, 0.3) is 10.9 Å². The van der Waals surface area contributed by atoms with E-state index in [9.17, 15) is 5.11 Å². The third kappa shape index (κ3) is 2.18. The van der Waals surface area contributed by atoms with Gasteiger partial charge in [-0.05, 0) is 37.1 Å². The van der Waals surface area contributed by atoms with Gasteiger partial charge in [-0.25, -0.2) is 0 Å². The van der Waals surface area contributed by atoms with E-state index >= 15 is 0 Å². The first-order valence-corrected chi connectivity index (χ1v) is 6.63. The molecule has 0 radical (unpaired) electrons. The minimum absolute atomic E-state index is 0.171. The van der Waals surface area contributed by atoms with Gasteiger partial charge in [-0.3, -0.25) is 4.98 Å². The lowest BCUT2D eigenvalue weighted by molar-refractivity contribution is 0.116. The standard InChI is InChI=1S/C15H18N2O/c18-15-9-2-1-6-14(15)17-13-8-3-7-12-11(13)5-4-10-16-12/h3-5,7-8,10,14-15,17-18H,1-2,6,9H2/t14-,15-/m0/s1. The molecule has 18 heavy (non-hydrogen) atoms. The summed E-state index contributed by atoms with van der Waals surface area (Å²) in [5.74, 6) is 0. The summed E-state index contributed by atoms with van der Waals surface area (Å²) >= 11 is 0. The summed E-state index contributed by atoms with van der Waals surface area (Å²) in [6.07, 6.45) is 5.85. The molecule has 0 saturated heterocycles. The zero-order valence-electron chi connectivity index (χ0n) is 10.3. The van der Waals surface area contributed by atoms with E-state index in [0.29, 0.717) is 0 Å². The summed E-state index contributed by atoms with van der Waals surface area (Å²) in [6.45, 7) is 0. The summed E-state index contributed by atoms with van der Waals surface area (Å²) in [5, 5.41) is 14.6. The molecule has 1 aromatic carbocycles. The van der Waals surface area contributed by atoms with Gasteiger partial charge in [0, 0.05) is 17.3 Å². The molecule has 2 atom stereocenters. The van der Waals surface area contributed by atoms with E-state index in [2.05, 4.69) is 22.4 Å². The SMILES string of the molecule is O[C@H]1CCCC[C@@H]1Nc1cccc2ncccc12. The van der Waals surface area contributed by atoms with Gasteiger partial charge in [0.15, 0.2) is 0 Å². The van der Waals surface area contributed by atoms with E-state index in [1.165, 1.54) is 6.42 Å². The fourth-order valence-electron chi connectivity index (χ4n) is 2.71. The van der Waals surface area contributed by atoms with Crippen molar-refractivity contribution in [1.82, 2.24) is 4.98 Å². The predicted octanol–water partition coefficient (Wildman–Crippen LogP) is 2.95. The van der Waals surface area contributed by atoms with Crippen molar-refractivity contribution >= 4 is 16.6 Å². The average molecular weight is 242 g/mol. The van der Waals surface area contributed by atoms with Gasteiger partial charge in [-0.15, -0.1) is 0 Å². The van der Waals surface area contributed by atoms with E-state index in [0.717, 1.165) is 35.9 Å². The maximum Gasteiger partial charge on any atom is 0.0741 e. The smallest absolute Gasteiger partial charge is 0.0741 e. The fourth-order valence-corrected chi connectivity index (χ4v) is 2.71. The first-order chi connectivity index (χ1) is 8.84. The number of aliphatic hydroxyl groups excluding tert-OH is 1. The summed E-state index contributed by atoms with van der Waals surface area (Å²) in [7, 11) is 0. The minimum atomic E-state index is -0.231. The van der Waals surface area contributed by atoms with Crippen molar-refractivity contribution in [3.05, 3.63) is 36.5 Å². The second kappa shape index (κ2) is 4.94. The highest BCUT2D eigenvalue weighted by molar-refractivity contribution is 5.91. The fraction of sp³-hybridized carbons (Fsp3) is 0.400. The number of fused-ring (bicyclic) bond motifs is 1. The Bertz CT molecular complexity index is 536. The van der Waals surface area contributed by atoms with Gasteiger partial charge in [-0.1, -0.05) is 18.9 Å². The molecule has 0 amide bonds. The molecular formula is C15H18N2O. The molecule has 1 aliphatic rings. The summed E-state index contributed by atoms with van der Waals surface area (Å²) in [5.41, 5.74) is 2.07. The van der Waals surface area contributed by atoms with Gasteiger partial charge >= 0.3 is 0 Å². The summed E-state index contributed by atoms with van der Waals surface area (Å²) < 4.78 is 0. The monoisotopic (exact) mass is 242 g/mol. The number of rotatable bonds is 2. The molecule has 2 N–H and O–H groups in total. The van der Waals surface area contributed by atoms with Crippen molar-refractivity contribution < 1.29 is 5.11 Å². The minimum Gasteiger partial charge on any atom is -0.391 e. The number of aliphatic hydroxyl groups is 1.